The Kier molecular flexibility index (Phi) is 5.26. The van der Waals surface area contributed by atoms with Crippen molar-refractivity contribution in [3.63, 3.8) is 0 Å². The molecule has 0 atom stereocenters. The van der Waals surface area contributed by atoms with Crippen molar-refractivity contribution >= 4 is 28.9 Å². The van der Waals surface area contributed by atoms with Crippen LogP contribution in [0.3, 0.4) is 0 Å². The summed E-state index contributed by atoms with van der Waals surface area (Å²) in [5, 5.41) is 6.40. The Hall–Kier alpha value is -2.92. The Morgan fingerprint density at radius 1 is 1.04 bits per heavy atom. The molecule has 2 N–H and O–H groups in total. The van der Waals surface area contributed by atoms with Crippen LogP contribution in [0.5, 0.6) is 0 Å². The van der Waals surface area contributed by atoms with Gasteiger partial charge < -0.3 is 10.6 Å². The summed E-state index contributed by atoms with van der Waals surface area (Å²) < 4.78 is 13.6. The van der Waals surface area contributed by atoms with Crippen LogP contribution in [0.2, 0.25) is 5.02 Å². The Labute approximate surface area is 149 Å². The van der Waals surface area contributed by atoms with Crippen molar-refractivity contribution in [2.24, 2.45) is 0 Å². The fourth-order valence-electron chi connectivity index (χ4n) is 2.19. The molecule has 0 unspecified atom stereocenters. The summed E-state index contributed by atoms with van der Waals surface area (Å²) in [7, 11) is 0. The Bertz CT molecular complexity index is 867. The second-order valence-electron chi connectivity index (χ2n) is 5.35. The summed E-state index contributed by atoms with van der Waals surface area (Å²) in [6.45, 7) is 0.611. The van der Waals surface area contributed by atoms with E-state index in [1.165, 1.54) is 12.1 Å². The van der Waals surface area contributed by atoms with Gasteiger partial charge >= 0.3 is 0 Å². The lowest BCUT2D eigenvalue weighted by Crippen LogP contribution is -2.14. The highest BCUT2D eigenvalue weighted by atomic mass is 35.5. The third-order valence-corrected chi connectivity index (χ3v) is 3.78. The van der Waals surface area contributed by atoms with Crippen LogP contribution in [0.25, 0.3) is 0 Å². The third-order valence-electron chi connectivity index (χ3n) is 3.53. The SMILES string of the molecule is O=C(Nc1ccccc1F)c1ccc(NCc2ccc(Cl)cc2)cn1. The van der Waals surface area contributed by atoms with Gasteiger partial charge in [0.1, 0.15) is 11.5 Å². The number of pyridine rings is 1. The first-order valence-corrected chi connectivity index (χ1v) is 8.00. The lowest BCUT2D eigenvalue weighted by molar-refractivity contribution is 0.102. The number of hydrogen-bond donors (Lipinski definition) is 2. The van der Waals surface area contributed by atoms with Crippen molar-refractivity contribution < 1.29 is 9.18 Å². The zero-order valence-electron chi connectivity index (χ0n) is 13.2. The maximum atomic E-state index is 13.6. The number of carbonyl (C=O) groups excluding carboxylic acids is 1. The third kappa shape index (κ3) is 4.55. The van der Waals surface area contributed by atoms with Crippen molar-refractivity contribution in [2.45, 2.75) is 6.54 Å². The molecule has 0 aliphatic rings. The monoisotopic (exact) mass is 355 g/mol. The molecule has 0 spiro atoms. The van der Waals surface area contributed by atoms with E-state index in [2.05, 4.69) is 15.6 Å². The maximum absolute atomic E-state index is 13.6. The predicted octanol–water partition coefficient (Wildman–Crippen LogP) is 4.74. The van der Waals surface area contributed by atoms with E-state index in [1.807, 2.05) is 24.3 Å². The van der Waals surface area contributed by atoms with Gasteiger partial charge in [-0.25, -0.2) is 9.37 Å². The zero-order valence-corrected chi connectivity index (χ0v) is 13.9. The van der Waals surface area contributed by atoms with Gasteiger partial charge in [-0.15, -0.1) is 0 Å². The highest BCUT2D eigenvalue weighted by molar-refractivity contribution is 6.30. The molecule has 0 fully saturated rings. The summed E-state index contributed by atoms with van der Waals surface area (Å²) in [5.41, 5.74) is 2.18. The minimum absolute atomic E-state index is 0.124. The maximum Gasteiger partial charge on any atom is 0.274 e. The van der Waals surface area contributed by atoms with Crippen molar-refractivity contribution in [1.82, 2.24) is 4.98 Å². The summed E-state index contributed by atoms with van der Waals surface area (Å²) in [4.78, 5) is 16.2. The van der Waals surface area contributed by atoms with E-state index in [0.29, 0.717) is 11.6 Å². The zero-order chi connectivity index (χ0) is 17.6. The van der Waals surface area contributed by atoms with Crippen LogP contribution in [0, 0.1) is 5.82 Å². The van der Waals surface area contributed by atoms with Gasteiger partial charge in [0.05, 0.1) is 17.6 Å². The molecule has 0 aliphatic carbocycles. The smallest absolute Gasteiger partial charge is 0.274 e. The quantitative estimate of drug-likeness (QED) is 0.695. The van der Waals surface area contributed by atoms with Gasteiger partial charge in [0.15, 0.2) is 0 Å². The minimum Gasteiger partial charge on any atom is -0.380 e. The van der Waals surface area contributed by atoms with Crippen LogP contribution in [0.15, 0.2) is 66.9 Å². The van der Waals surface area contributed by atoms with Crippen molar-refractivity contribution in [3.8, 4) is 0 Å². The van der Waals surface area contributed by atoms with Crippen LogP contribution < -0.4 is 10.6 Å². The van der Waals surface area contributed by atoms with Crippen LogP contribution >= 0.6 is 11.6 Å². The highest BCUT2D eigenvalue weighted by Gasteiger charge is 2.10. The number of amides is 1. The number of anilines is 2. The Morgan fingerprint density at radius 3 is 2.48 bits per heavy atom. The molecule has 3 rings (SSSR count). The number of halogens is 2. The average molecular weight is 356 g/mol. The first-order chi connectivity index (χ1) is 12.1. The van der Waals surface area contributed by atoms with E-state index in [-0.39, 0.29) is 11.4 Å². The molecule has 1 amide bonds. The van der Waals surface area contributed by atoms with Gasteiger partial charge in [0.25, 0.3) is 5.91 Å². The standard InChI is InChI=1S/C19H15ClFN3O/c20-14-7-5-13(6-8-14)11-22-15-9-10-18(23-12-15)19(25)24-17-4-2-1-3-16(17)21/h1-10,12,22H,11H2,(H,24,25). The van der Waals surface area contributed by atoms with E-state index >= 15 is 0 Å². The number of para-hydroxylation sites is 1. The normalized spacial score (nSPS) is 10.3. The van der Waals surface area contributed by atoms with Gasteiger partial charge in [-0.05, 0) is 42.0 Å². The van der Waals surface area contributed by atoms with E-state index < -0.39 is 11.7 Å². The van der Waals surface area contributed by atoms with Crippen molar-refractivity contribution in [2.75, 3.05) is 10.6 Å². The predicted molar refractivity (Wildman–Crippen MR) is 97.4 cm³/mol. The molecule has 3 aromatic rings. The number of benzene rings is 2. The lowest BCUT2D eigenvalue weighted by atomic mass is 10.2. The van der Waals surface area contributed by atoms with Gasteiger partial charge in [0.2, 0.25) is 0 Å². The van der Waals surface area contributed by atoms with Gasteiger partial charge in [-0.3, -0.25) is 4.79 Å². The van der Waals surface area contributed by atoms with Gasteiger partial charge in [-0.2, -0.15) is 0 Å². The molecule has 0 saturated heterocycles. The largest absolute Gasteiger partial charge is 0.380 e. The number of nitrogens with zero attached hydrogens (tertiary/aromatic N) is 1. The number of rotatable bonds is 5. The molecule has 1 aromatic heterocycles. The van der Waals surface area contributed by atoms with E-state index in [4.69, 9.17) is 11.6 Å². The van der Waals surface area contributed by atoms with E-state index in [0.717, 1.165) is 11.3 Å². The summed E-state index contributed by atoms with van der Waals surface area (Å²) >= 11 is 5.85. The Morgan fingerprint density at radius 2 is 1.80 bits per heavy atom. The van der Waals surface area contributed by atoms with Crippen molar-refractivity contribution in [3.05, 3.63) is 89.0 Å². The molecule has 1 heterocycles. The first kappa shape index (κ1) is 16.9. The number of hydrogen-bond acceptors (Lipinski definition) is 3. The second kappa shape index (κ2) is 7.77. The molecule has 2 aromatic carbocycles. The Balaban J connectivity index is 1.60. The average Bonchev–Trinajstić information content (AvgIpc) is 2.63. The van der Waals surface area contributed by atoms with Gasteiger partial charge in [0, 0.05) is 11.6 Å². The lowest BCUT2D eigenvalue weighted by Gasteiger charge is -2.08. The topological polar surface area (TPSA) is 54.0 Å². The number of nitrogens with one attached hydrogen (secondary N) is 2. The van der Waals surface area contributed by atoms with Gasteiger partial charge in [-0.1, -0.05) is 35.9 Å². The molecular formula is C19H15ClFN3O. The molecule has 0 aliphatic heterocycles. The molecular weight excluding hydrogens is 341 g/mol. The highest BCUT2D eigenvalue weighted by Crippen LogP contribution is 2.15. The summed E-state index contributed by atoms with van der Waals surface area (Å²) in [6.07, 6.45) is 1.56. The molecule has 0 saturated carbocycles. The minimum atomic E-state index is -0.489. The molecule has 6 heteroatoms. The van der Waals surface area contributed by atoms with Crippen molar-refractivity contribution in [1.29, 1.82) is 0 Å². The second-order valence-corrected chi connectivity index (χ2v) is 5.78. The van der Waals surface area contributed by atoms with Crippen LogP contribution in [0.4, 0.5) is 15.8 Å². The van der Waals surface area contributed by atoms with Crippen LogP contribution in [0.1, 0.15) is 16.1 Å². The number of carbonyl (C=O) groups is 1. The fourth-order valence-corrected chi connectivity index (χ4v) is 2.31. The molecule has 0 radical (unpaired) electrons. The van der Waals surface area contributed by atoms with Crippen LogP contribution in [-0.2, 0) is 6.54 Å². The summed E-state index contributed by atoms with van der Waals surface area (Å²) in [6, 6.07) is 16.8. The molecule has 25 heavy (non-hydrogen) atoms. The molecule has 126 valence electrons. The van der Waals surface area contributed by atoms with E-state index in [9.17, 15) is 9.18 Å². The van der Waals surface area contributed by atoms with Crippen LogP contribution in [-0.4, -0.2) is 10.9 Å². The first-order valence-electron chi connectivity index (χ1n) is 7.62. The van der Waals surface area contributed by atoms with E-state index in [1.54, 1.807) is 30.5 Å². The summed E-state index contributed by atoms with van der Waals surface area (Å²) in [5.74, 6) is -0.952. The fraction of sp³-hybridized carbons (Fsp3) is 0.0526. The molecule has 0 bridgehead atoms. The number of aromatic nitrogens is 1. The molecule has 4 nitrogen and oxygen atoms in total.